The number of carbonyl (C=O) groups is 1. The van der Waals surface area contributed by atoms with Gasteiger partial charge in [-0.15, -0.1) is 0 Å². The first-order valence-electron chi connectivity index (χ1n) is 4.81. The van der Waals surface area contributed by atoms with Gasteiger partial charge in [0.1, 0.15) is 5.56 Å². The number of rotatable bonds is 2. The third kappa shape index (κ3) is 2.60. The van der Waals surface area contributed by atoms with Crippen LogP contribution in [0.25, 0.3) is 5.82 Å². The fraction of sp³-hybridized carbons (Fsp3) is 0.100. The predicted molar refractivity (Wildman–Crippen MR) is 61.0 cm³/mol. The van der Waals surface area contributed by atoms with Crippen molar-refractivity contribution < 1.29 is 23.1 Å². The van der Waals surface area contributed by atoms with Crippen molar-refractivity contribution >= 4 is 21.9 Å². The molecule has 0 aliphatic rings. The second-order valence-corrected chi connectivity index (χ2v) is 4.37. The SMILES string of the molecule is O=C(O)c1cnn(-c2ccc(Br)cn2)c1C(F)(F)F. The third-order valence-electron chi connectivity index (χ3n) is 2.20. The van der Waals surface area contributed by atoms with Gasteiger partial charge in [0.05, 0.1) is 6.20 Å². The first kappa shape index (κ1) is 13.5. The van der Waals surface area contributed by atoms with Gasteiger partial charge >= 0.3 is 12.1 Å². The number of nitrogens with zero attached hydrogens (tertiary/aromatic N) is 3. The van der Waals surface area contributed by atoms with E-state index >= 15 is 0 Å². The number of alkyl halides is 3. The third-order valence-corrected chi connectivity index (χ3v) is 2.67. The molecule has 100 valence electrons. The Morgan fingerprint density at radius 2 is 2.00 bits per heavy atom. The van der Waals surface area contributed by atoms with E-state index in [9.17, 15) is 18.0 Å². The summed E-state index contributed by atoms with van der Waals surface area (Å²) < 4.78 is 39.8. The Balaban J connectivity index is 2.64. The van der Waals surface area contributed by atoms with Crippen LogP contribution in [0, 0.1) is 0 Å². The van der Waals surface area contributed by atoms with Gasteiger partial charge < -0.3 is 5.11 Å². The van der Waals surface area contributed by atoms with Gasteiger partial charge in [0, 0.05) is 10.7 Å². The molecule has 0 aliphatic carbocycles. The minimum absolute atomic E-state index is 0.122. The maximum absolute atomic E-state index is 12.9. The minimum atomic E-state index is -4.85. The normalized spacial score (nSPS) is 11.6. The average molecular weight is 336 g/mol. The molecule has 2 rings (SSSR count). The molecule has 19 heavy (non-hydrogen) atoms. The molecule has 0 saturated heterocycles. The van der Waals surface area contributed by atoms with Crippen molar-refractivity contribution in [3.05, 3.63) is 40.3 Å². The largest absolute Gasteiger partial charge is 0.478 e. The summed E-state index contributed by atoms with van der Waals surface area (Å²) in [6.45, 7) is 0. The summed E-state index contributed by atoms with van der Waals surface area (Å²) in [5.74, 6) is -1.82. The van der Waals surface area contributed by atoms with E-state index in [1.807, 2.05) is 0 Å². The van der Waals surface area contributed by atoms with E-state index in [2.05, 4.69) is 26.0 Å². The molecule has 0 fully saturated rings. The van der Waals surface area contributed by atoms with Crippen LogP contribution in [0.3, 0.4) is 0 Å². The van der Waals surface area contributed by atoms with Gasteiger partial charge in [-0.05, 0) is 28.1 Å². The van der Waals surface area contributed by atoms with Crippen LogP contribution in [0.1, 0.15) is 16.1 Å². The zero-order chi connectivity index (χ0) is 14.2. The van der Waals surface area contributed by atoms with Gasteiger partial charge in [-0.2, -0.15) is 18.3 Å². The quantitative estimate of drug-likeness (QED) is 0.916. The van der Waals surface area contributed by atoms with E-state index in [-0.39, 0.29) is 5.82 Å². The van der Waals surface area contributed by atoms with Crippen LogP contribution in [0.4, 0.5) is 13.2 Å². The number of carboxylic acid groups (broad SMARTS) is 1. The minimum Gasteiger partial charge on any atom is -0.478 e. The summed E-state index contributed by atoms with van der Waals surface area (Å²) in [6, 6.07) is 2.77. The van der Waals surface area contributed by atoms with Crippen LogP contribution in [0.5, 0.6) is 0 Å². The highest BCUT2D eigenvalue weighted by atomic mass is 79.9. The van der Waals surface area contributed by atoms with Crippen molar-refractivity contribution in [1.29, 1.82) is 0 Å². The Morgan fingerprint density at radius 1 is 1.32 bits per heavy atom. The first-order valence-corrected chi connectivity index (χ1v) is 5.60. The molecule has 0 radical (unpaired) electrons. The van der Waals surface area contributed by atoms with Crippen molar-refractivity contribution in [1.82, 2.24) is 14.8 Å². The molecule has 2 heterocycles. The summed E-state index contributed by atoms with van der Waals surface area (Å²) in [5, 5.41) is 12.2. The number of hydrogen-bond acceptors (Lipinski definition) is 3. The number of aromatic carboxylic acids is 1. The molecule has 0 unspecified atom stereocenters. The van der Waals surface area contributed by atoms with Crippen LogP contribution in [-0.4, -0.2) is 25.8 Å². The fourth-order valence-electron chi connectivity index (χ4n) is 1.44. The molecule has 0 amide bonds. The molecule has 0 spiro atoms. The van der Waals surface area contributed by atoms with Crippen molar-refractivity contribution in [2.45, 2.75) is 6.18 Å². The average Bonchev–Trinajstić information content (AvgIpc) is 2.74. The van der Waals surface area contributed by atoms with E-state index in [0.29, 0.717) is 15.4 Å². The summed E-state index contributed by atoms with van der Waals surface area (Å²) in [5.41, 5.74) is -2.29. The number of hydrogen-bond donors (Lipinski definition) is 1. The lowest BCUT2D eigenvalue weighted by molar-refractivity contribution is -0.143. The summed E-state index contributed by atoms with van der Waals surface area (Å²) >= 11 is 3.10. The van der Waals surface area contributed by atoms with Gasteiger partial charge in [-0.1, -0.05) is 0 Å². The second-order valence-electron chi connectivity index (χ2n) is 3.46. The summed E-state index contributed by atoms with van der Waals surface area (Å²) in [7, 11) is 0. The first-order chi connectivity index (χ1) is 8.80. The Labute approximate surface area is 112 Å². The highest BCUT2D eigenvalue weighted by Crippen LogP contribution is 2.33. The Morgan fingerprint density at radius 3 is 2.47 bits per heavy atom. The second kappa shape index (κ2) is 4.65. The van der Waals surface area contributed by atoms with Crippen molar-refractivity contribution in [3.63, 3.8) is 0 Å². The van der Waals surface area contributed by atoms with Gasteiger partial charge in [0.2, 0.25) is 0 Å². The lowest BCUT2D eigenvalue weighted by atomic mass is 10.2. The monoisotopic (exact) mass is 335 g/mol. The van der Waals surface area contributed by atoms with Crippen LogP contribution < -0.4 is 0 Å². The number of halogens is 4. The highest BCUT2D eigenvalue weighted by molar-refractivity contribution is 9.10. The van der Waals surface area contributed by atoms with Gasteiger partial charge in [0.25, 0.3) is 0 Å². The smallest absolute Gasteiger partial charge is 0.434 e. The van der Waals surface area contributed by atoms with Gasteiger partial charge in [-0.25, -0.2) is 14.5 Å². The predicted octanol–water partition coefficient (Wildman–Crippen LogP) is 2.75. The fourth-order valence-corrected chi connectivity index (χ4v) is 1.68. The summed E-state index contributed by atoms with van der Waals surface area (Å²) in [6.07, 6.45) is -2.91. The maximum Gasteiger partial charge on any atom is 0.434 e. The Bertz CT molecular complexity index is 622. The lowest BCUT2D eigenvalue weighted by Gasteiger charge is -2.10. The van der Waals surface area contributed by atoms with Crippen LogP contribution in [0.15, 0.2) is 29.0 Å². The molecule has 0 saturated carbocycles. The maximum atomic E-state index is 12.9. The van der Waals surface area contributed by atoms with E-state index in [1.54, 1.807) is 0 Å². The van der Waals surface area contributed by atoms with Crippen molar-refractivity contribution in [2.75, 3.05) is 0 Å². The van der Waals surface area contributed by atoms with Crippen molar-refractivity contribution in [2.24, 2.45) is 0 Å². The topological polar surface area (TPSA) is 68.0 Å². The van der Waals surface area contributed by atoms with Gasteiger partial charge in [-0.3, -0.25) is 0 Å². The van der Waals surface area contributed by atoms with Crippen LogP contribution in [0.2, 0.25) is 0 Å². The molecule has 1 N–H and O–H groups in total. The Hall–Kier alpha value is -1.90. The Kier molecular flexibility index (Phi) is 3.31. The molecule has 0 bridgehead atoms. The number of pyridine rings is 1. The molecular weight excluding hydrogens is 331 g/mol. The van der Waals surface area contributed by atoms with E-state index in [1.165, 1.54) is 18.3 Å². The van der Waals surface area contributed by atoms with Crippen LogP contribution in [-0.2, 0) is 6.18 Å². The molecule has 5 nitrogen and oxygen atoms in total. The molecule has 0 atom stereocenters. The molecule has 2 aromatic heterocycles. The number of carboxylic acids is 1. The molecular formula is C10H5BrF3N3O2. The summed E-state index contributed by atoms with van der Waals surface area (Å²) in [4.78, 5) is 14.5. The molecule has 0 aromatic carbocycles. The molecule has 2 aromatic rings. The van der Waals surface area contributed by atoms with Crippen LogP contribution >= 0.6 is 15.9 Å². The zero-order valence-electron chi connectivity index (χ0n) is 9.02. The van der Waals surface area contributed by atoms with Crippen molar-refractivity contribution in [3.8, 4) is 5.82 Å². The standard InChI is InChI=1S/C10H5BrF3N3O2/c11-5-1-2-7(15-3-5)17-8(10(12,13)14)6(4-16-17)9(18)19/h1-4H,(H,18,19). The molecule has 9 heteroatoms. The zero-order valence-corrected chi connectivity index (χ0v) is 10.6. The number of aromatic nitrogens is 3. The van der Waals surface area contributed by atoms with E-state index in [4.69, 9.17) is 5.11 Å². The highest BCUT2D eigenvalue weighted by Gasteiger charge is 2.40. The van der Waals surface area contributed by atoms with E-state index < -0.39 is 23.4 Å². The molecule has 0 aliphatic heterocycles. The van der Waals surface area contributed by atoms with E-state index in [0.717, 1.165) is 0 Å². The lowest BCUT2D eigenvalue weighted by Crippen LogP contribution is -2.17. The van der Waals surface area contributed by atoms with Gasteiger partial charge in [0.15, 0.2) is 11.5 Å².